The predicted molar refractivity (Wildman–Crippen MR) is 120 cm³/mol. The van der Waals surface area contributed by atoms with Gasteiger partial charge in [-0.05, 0) is 43.7 Å². The monoisotopic (exact) mass is 458 g/mol. The fourth-order valence-corrected chi connectivity index (χ4v) is 5.48. The van der Waals surface area contributed by atoms with Crippen molar-refractivity contribution in [1.29, 1.82) is 0 Å². The van der Waals surface area contributed by atoms with Crippen molar-refractivity contribution >= 4 is 27.5 Å². The first-order chi connectivity index (χ1) is 14.8. The lowest BCUT2D eigenvalue weighted by Crippen LogP contribution is -2.50. The van der Waals surface area contributed by atoms with Gasteiger partial charge in [-0.25, -0.2) is 8.42 Å². The van der Waals surface area contributed by atoms with Crippen LogP contribution < -0.4 is 0 Å². The quantitative estimate of drug-likeness (QED) is 0.648. The highest BCUT2D eigenvalue weighted by molar-refractivity contribution is 7.89. The Kier molecular flexibility index (Phi) is 5.88. The van der Waals surface area contributed by atoms with Crippen LogP contribution in [0.3, 0.4) is 0 Å². The SMILES string of the molecule is Cc1ccc(S(=O)(=O)N2CCN(C(=O)c3cc(-c4ccc(Cl)cc4)n[nH]3)CC2)c(C)c1. The van der Waals surface area contributed by atoms with E-state index in [2.05, 4.69) is 10.2 Å². The first kappa shape index (κ1) is 21.5. The van der Waals surface area contributed by atoms with Crippen molar-refractivity contribution in [2.45, 2.75) is 18.7 Å². The summed E-state index contributed by atoms with van der Waals surface area (Å²) in [5.41, 5.74) is 3.62. The van der Waals surface area contributed by atoms with Gasteiger partial charge in [0.25, 0.3) is 5.91 Å². The van der Waals surface area contributed by atoms with Crippen LogP contribution in [0.25, 0.3) is 11.3 Å². The van der Waals surface area contributed by atoms with Crippen LogP contribution in [0.5, 0.6) is 0 Å². The van der Waals surface area contributed by atoms with Gasteiger partial charge >= 0.3 is 0 Å². The maximum Gasteiger partial charge on any atom is 0.271 e. The highest BCUT2D eigenvalue weighted by Crippen LogP contribution is 2.24. The number of hydrogen-bond acceptors (Lipinski definition) is 4. The number of halogens is 1. The molecule has 1 aliphatic rings. The Morgan fingerprint density at radius 2 is 1.68 bits per heavy atom. The molecule has 0 unspecified atom stereocenters. The summed E-state index contributed by atoms with van der Waals surface area (Å²) in [7, 11) is -3.59. The zero-order chi connectivity index (χ0) is 22.2. The minimum Gasteiger partial charge on any atom is -0.335 e. The molecule has 1 saturated heterocycles. The Bertz CT molecular complexity index is 1210. The molecular formula is C22H23ClN4O3S. The van der Waals surface area contributed by atoms with Gasteiger partial charge in [0.1, 0.15) is 5.69 Å². The molecule has 3 aromatic rings. The van der Waals surface area contributed by atoms with E-state index in [0.29, 0.717) is 34.4 Å². The number of benzene rings is 2. The first-order valence-corrected chi connectivity index (χ1v) is 11.8. The second-order valence-corrected chi connectivity index (χ2v) is 9.98. The Labute approximate surface area is 186 Å². The van der Waals surface area contributed by atoms with E-state index in [9.17, 15) is 13.2 Å². The molecular weight excluding hydrogens is 436 g/mol. The molecule has 31 heavy (non-hydrogen) atoms. The lowest BCUT2D eigenvalue weighted by atomic mass is 10.1. The highest BCUT2D eigenvalue weighted by atomic mass is 35.5. The summed E-state index contributed by atoms with van der Waals surface area (Å²) < 4.78 is 27.5. The molecule has 1 N–H and O–H groups in total. The van der Waals surface area contributed by atoms with Gasteiger partial charge in [0.2, 0.25) is 10.0 Å². The minimum atomic E-state index is -3.59. The van der Waals surface area contributed by atoms with E-state index in [1.165, 1.54) is 4.31 Å². The van der Waals surface area contributed by atoms with Crippen molar-refractivity contribution in [3.8, 4) is 11.3 Å². The van der Waals surface area contributed by atoms with Gasteiger partial charge in [-0.1, -0.05) is 41.4 Å². The van der Waals surface area contributed by atoms with E-state index < -0.39 is 10.0 Å². The summed E-state index contributed by atoms with van der Waals surface area (Å²) >= 11 is 5.92. The van der Waals surface area contributed by atoms with Gasteiger partial charge < -0.3 is 4.90 Å². The standard InChI is InChI=1S/C22H23ClN4O3S/c1-15-3-8-21(16(2)13-15)31(29,30)27-11-9-26(10-12-27)22(28)20-14-19(24-25-20)17-4-6-18(23)7-5-17/h3-8,13-14H,9-12H2,1-2H3,(H,24,25). The number of nitrogens with one attached hydrogen (secondary N) is 1. The molecule has 0 spiro atoms. The number of carbonyl (C=O) groups excluding carboxylic acids is 1. The first-order valence-electron chi connectivity index (χ1n) is 9.94. The third-order valence-electron chi connectivity index (χ3n) is 5.42. The van der Waals surface area contributed by atoms with E-state index in [1.807, 2.05) is 25.1 Å². The van der Waals surface area contributed by atoms with Gasteiger partial charge in [0.05, 0.1) is 10.6 Å². The summed E-state index contributed by atoms with van der Waals surface area (Å²) in [6.07, 6.45) is 0. The number of aromatic amines is 1. The lowest BCUT2D eigenvalue weighted by Gasteiger charge is -2.34. The molecule has 7 nitrogen and oxygen atoms in total. The van der Waals surface area contributed by atoms with Crippen LogP contribution in [0.4, 0.5) is 0 Å². The molecule has 4 rings (SSSR count). The van der Waals surface area contributed by atoms with Crippen molar-refractivity contribution < 1.29 is 13.2 Å². The number of carbonyl (C=O) groups is 1. The van der Waals surface area contributed by atoms with E-state index in [0.717, 1.165) is 16.7 Å². The van der Waals surface area contributed by atoms with Gasteiger partial charge in [-0.15, -0.1) is 0 Å². The van der Waals surface area contributed by atoms with Gasteiger partial charge in [-0.3, -0.25) is 9.89 Å². The van der Waals surface area contributed by atoms with Crippen molar-refractivity contribution in [1.82, 2.24) is 19.4 Å². The van der Waals surface area contributed by atoms with E-state index >= 15 is 0 Å². The third kappa shape index (κ3) is 4.37. The molecule has 0 saturated carbocycles. The Morgan fingerprint density at radius 3 is 2.32 bits per heavy atom. The van der Waals surface area contributed by atoms with Crippen LogP contribution in [0, 0.1) is 13.8 Å². The molecule has 0 radical (unpaired) electrons. The summed E-state index contributed by atoms with van der Waals surface area (Å²) in [5, 5.41) is 7.64. The Balaban J connectivity index is 1.44. The van der Waals surface area contributed by atoms with Gasteiger partial charge in [0.15, 0.2) is 0 Å². The summed E-state index contributed by atoms with van der Waals surface area (Å²) in [6, 6.07) is 14.2. The average molecular weight is 459 g/mol. The largest absolute Gasteiger partial charge is 0.335 e. The number of aromatic nitrogens is 2. The maximum atomic E-state index is 13.0. The number of hydrogen-bond donors (Lipinski definition) is 1. The van der Waals surface area contributed by atoms with E-state index in [-0.39, 0.29) is 19.0 Å². The number of amides is 1. The predicted octanol–water partition coefficient (Wildman–Crippen LogP) is 3.49. The van der Waals surface area contributed by atoms with Crippen LogP contribution in [-0.2, 0) is 10.0 Å². The number of rotatable bonds is 4. The zero-order valence-corrected chi connectivity index (χ0v) is 18.9. The average Bonchev–Trinajstić information content (AvgIpc) is 3.24. The van der Waals surface area contributed by atoms with Crippen LogP contribution in [0.2, 0.25) is 5.02 Å². The molecule has 0 atom stereocenters. The highest BCUT2D eigenvalue weighted by Gasteiger charge is 2.31. The fourth-order valence-electron chi connectivity index (χ4n) is 3.73. The summed E-state index contributed by atoms with van der Waals surface area (Å²) in [4.78, 5) is 14.8. The van der Waals surface area contributed by atoms with Crippen LogP contribution in [0.1, 0.15) is 21.6 Å². The minimum absolute atomic E-state index is 0.198. The van der Waals surface area contributed by atoms with Crippen LogP contribution >= 0.6 is 11.6 Å². The Hall–Kier alpha value is -2.68. The number of aryl methyl sites for hydroxylation is 2. The van der Waals surface area contributed by atoms with Crippen molar-refractivity contribution in [2.24, 2.45) is 0 Å². The normalized spacial score (nSPS) is 15.3. The molecule has 2 aromatic carbocycles. The number of piperazine rings is 1. The van der Waals surface area contributed by atoms with E-state index in [1.54, 1.807) is 42.2 Å². The molecule has 9 heteroatoms. The molecule has 1 fully saturated rings. The molecule has 1 aromatic heterocycles. The van der Waals surface area contributed by atoms with Gasteiger partial charge in [-0.2, -0.15) is 9.40 Å². The summed E-state index contributed by atoms with van der Waals surface area (Å²) in [5.74, 6) is -0.198. The second-order valence-electron chi connectivity index (χ2n) is 7.64. The Morgan fingerprint density at radius 1 is 1.00 bits per heavy atom. The van der Waals surface area contributed by atoms with Crippen molar-refractivity contribution in [2.75, 3.05) is 26.2 Å². The number of H-pyrrole nitrogens is 1. The van der Waals surface area contributed by atoms with Crippen LogP contribution in [-0.4, -0.2) is 59.9 Å². The number of sulfonamides is 1. The molecule has 162 valence electrons. The second kappa shape index (κ2) is 8.45. The molecule has 1 amide bonds. The smallest absolute Gasteiger partial charge is 0.271 e. The van der Waals surface area contributed by atoms with Crippen molar-refractivity contribution in [3.05, 3.63) is 70.4 Å². The number of nitrogens with zero attached hydrogens (tertiary/aromatic N) is 3. The lowest BCUT2D eigenvalue weighted by molar-refractivity contribution is 0.0692. The zero-order valence-electron chi connectivity index (χ0n) is 17.3. The molecule has 0 bridgehead atoms. The molecule has 0 aliphatic carbocycles. The maximum absolute atomic E-state index is 13.0. The molecule has 1 aliphatic heterocycles. The van der Waals surface area contributed by atoms with Crippen molar-refractivity contribution in [3.63, 3.8) is 0 Å². The summed E-state index contributed by atoms with van der Waals surface area (Å²) in [6.45, 7) is 4.87. The fraction of sp³-hybridized carbons (Fsp3) is 0.273. The third-order valence-corrected chi connectivity index (χ3v) is 7.73. The molecule has 2 heterocycles. The van der Waals surface area contributed by atoms with Gasteiger partial charge in [0, 0.05) is 36.8 Å². The topological polar surface area (TPSA) is 86.4 Å². The van der Waals surface area contributed by atoms with E-state index in [4.69, 9.17) is 11.6 Å². The van der Waals surface area contributed by atoms with Crippen LogP contribution in [0.15, 0.2) is 53.4 Å².